The van der Waals surface area contributed by atoms with Crippen LogP contribution in [0, 0.1) is 5.82 Å². The molecule has 0 aliphatic heterocycles. The lowest BCUT2D eigenvalue weighted by Crippen LogP contribution is -2.25. The first-order chi connectivity index (χ1) is 16.1. The van der Waals surface area contributed by atoms with Gasteiger partial charge in [-0.2, -0.15) is 0 Å². The maximum atomic E-state index is 15.3. The van der Waals surface area contributed by atoms with Gasteiger partial charge in [0, 0.05) is 27.6 Å². The van der Waals surface area contributed by atoms with E-state index < -0.39 is 18.8 Å². The molecule has 0 atom stereocenters. The Morgan fingerprint density at radius 1 is 0.758 bits per heavy atom. The largest absolute Gasteiger partial charge is 0.466 e. The highest BCUT2D eigenvalue weighted by Gasteiger charge is 2.28. The molecule has 0 spiro atoms. The molecule has 0 saturated carbocycles. The highest BCUT2D eigenvalue weighted by molar-refractivity contribution is 7.87. The minimum absolute atomic E-state index is 0.211. The molecule has 0 heterocycles. The van der Waals surface area contributed by atoms with E-state index in [1.807, 2.05) is 91.0 Å². The van der Waals surface area contributed by atoms with Crippen LogP contribution in [0.1, 0.15) is 5.56 Å². The number of hydrogen-bond acceptors (Lipinski definition) is 3. The summed E-state index contributed by atoms with van der Waals surface area (Å²) in [5.41, 5.74) is 0.718. The van der Waals surface area contributed by atoms with Crippen LogP contribution in [-0.2, 0) is 9.53 Å². The van der Waals surface area contributed by atoms with Crippen molar-refractivity contribution in [3.8, 4) is 0 Å². The zero-order chi connectivity index (χ0) is 23.1. The number of hydrogen-bond donors (Lipinski definition) is 0. The van der Waals surface area contributed by atoms with Crippen molar-refractivity contribution >= 4 is 40.7 Å². The molecule has 0 N–H and O–H groups in total. The first-order valence-electron chi connectivity index (χ1n) is 10.5. The molecular formula is C28H23FNO2P. The fourth-order valence-electron chi connectivity index (χ4n) is 3.70. The van der Waals surface area contributed by atoms with Gasteiger partial charge in [0.2, 0.25) is 0 Å². The van der Waals surface area contributed by atoms with Crippen LogP contribution in [0.25, 0.3) is 6.08 Å². The third kappa shape index (κ3) is 4.72. The number of carbonyl (C=O) groups excluding carboxylic acids is 1. The lowest BCUT2D eigenvalue weighted by molar-refractivity contribution is -0.134. The van der Waals surface area contributed by atoms with Crippen molar-refractivity contribution in [2.24, 2.45) is 4.74 Å². The van der Waals surface area contributed by atoms with Gasteiger partial charge in [0.1, 0.15) is 11.5 Å². The second-order valence-electron chi connectivity index (χ2n) is 7.28. The third-order valence-electron chi connectivity index (χ3n) is 5.26. The summed E-state index contributed by atoms with van der Waals surface area (Å²) in [7, 11) is -1.34. The van der Waals surface area contributed by atoms with Gasteiger partial charge in [0.25, 0.3) is 0 Å². The summed E-state index contributed by atoms with van der Waals surface area (Å²) in [4.78, 5) is 11.7. The second-order valence-corrected chi connectivity index (χ2v) is 10.3. The molecule has 0 aliphatic rings. The molecule has 164 valence electrons. The summed E-state index contributed by atoms with van der Waals surface area (Å²) in [6.07, 6.45) is 2.82. The maximum Gasteiger partial charge on any atom is 0.330 e. The Balaban J connectivity index is 2.12. The smallest absolute Gasteiger partial charge is 0.330 e. The topological polar surface area (TPSA) is 38.7 Å². The Kier molecular flexibility index (Phi) is 6.97. The Labute approximate surface area is 193 Å². The number of rotatable bonds is 6. The van der Waals surface area contributed by atoms with Crippen LogP contribution in [-0.4, -0.2) is 13.1 Å². The van der Waals surface area contributed by atoms with Crippen molar-refractivity contribution in [3.63, 3.8) is 0 Å². The van der Waals surface area contributed by atoms with Crippen molar-refractivity contribution in [1.82, 2.24) is 0 Å². The van der Waals surface area contributed by atoms with Gasteiger partial charge in [0.15, 0.2) is 0 Å². The molecule has 0 bridgehead atoms. The molecule has 4 aromatic carbocycles. The van der Waals surface area contributed by atoms with E-state index in [-0.39, 0.29) is 5.69 Å². The van der Waals surface area contributed by atoms with E-state index in [0.29, 0.717) is 5.56 Å². The van der Waals surface area contributed by atoms with Gasteiger partial charge in [-0.25, -0.2) is 9.18 Å². The van der Waals surface area contributed by atoms with E-state index in [2.05, 4.69) is 0 Å². The van der Waals surface area contributed by atoms with Gasteiger partial charge < -0.3 is 4.74 Å². The van der Waals surface area contributed by atoms with Crippen molar-refractivity contribution in [1.29, 1.82) is 0 Å². The lowest BCUT2D eigenvalue weighted by atomic mass is 10.1. The fraction of sp³-hybridized carbons (Fsp3) is 0.0357. The minimum Gasteiger partial charge on any atom is -0.466 e. The van der Waals surface area contributed by atoms with Crippen LogP contribution < -0.4 is 15.9 Å². The number of benzene rings is 4. The quantitative estimate of drug-likeness (QED) is 0.209. The lowest BCUT2D eigenvalue weighted by Gasteiger charge is -2.27. The standard InChI is InChI=1S/C28H23FNO2P/c1-32-27(31)21-20-22-12-11-19-26(29)28(22)30-33(23-13-5-2-6-14-23,24-15-7-3-8-16-24)25-17-9-4-10-18-25/h2-21H,1H3/b21-20+. The number of halogens is 1. The first kappa shape index (κ1) is 22.4. The Morgan fingerprint density at radius 2 is 1.24 bits per heavy atom. The van der Waals surface area contributed by atoms with E-state index in [1.165, 1.54) is 19.3 Å². The predicted molar refractivity (Wildman–Crippen MR) is 135 cm³/mol. The highest BCUT2D eigenvalue weighted by Crippen LogP contribution is 2.50. The van der Waals surface area contributed by atoms with E-state index in [4.69, 9.17) is 9.48 Å². The molecule has 0 aliphatic carbocycles. The summed E-state index contributed by atoms with van der Waals surface area (Å²) in [5, 5.41) is 3.02. The second kappa shape index (κ2) is 10.2. The van der Waals surface area contributed by atoms with Crippen LogP contribution >= 0.6 is 7.05 Å². The highest BCUT2D eigenvalue weighted by atomic mass is 31.2. The summed E-state index contributed by atoms with van der Waals surface area (Å²) >= 11 is 0. The van der Waals surface area contributed by atoms with Crippen molar-refractivity contribution in [3.05, 3.63) is 127 Å². The van der Waals surface area contributed by atoms with Crippen LogP contribution in [0.15, 0.2) is 120 Å². The van der Waals surface area contributed by atoms with Crippen LogP contribution in [0.2, 0.25) is 0 Å². The number of ether oxygens (including phenoxy) is 1. The number of methoxy groups -OCH3 is 1. The van der Waals surface area contributed by atoms with Gasteiger partial charge in [-0.3, -0.25) is 4.74 Å². The molecule has 0 saturated heterocycles. The maximum absolute atomic E-state index is 15.3. The zero-order valence-corrected chi connectivity index (χ0v) is 19.0. The van der Waals surface area contributed by atoms with Crippen LogP contribution in [0.5, 0.6) is 0 Å². The Morgan fingerprint density at radius 3 is 1.70 bits per heavy atom. The molecule has 33 heavy (non-hydrogen) atoms. The molecule has 0 aromatic heterocycles. The molecule has 4 aromatic rings. The third-order valence-corrected chi connectivity index (χ3v) is 8.89. The van der Waals surface area contributed by atoms with Crippen molar-refractivity contribution < 1.29 is 13.9 Å². The molecule has 0 unspecified atom stereocenters. The SMILES string of the molecule is COC(=O)/C=C/c1cccc(F)c1N=P(c1ccccc1)(c1ccccc1)c1ccccc1. The predicted octanol–water partition coefficient (Wildman–Crippen LogP) is 5.82. The van der Waals surface area contributed by atoms with Gasteiger partial charge in [-0.1, -0.05) is 103 Å². The molecule has 3 nitrogen and oxygen atoms in total. The van der Waals surface area contributed by atoms with Gasteiger partial charge in [-0.15, -0.1) is 0 Å². The normalized spacial score (nSPS) is 11.3. The number of carbonyl (C=O) groups is 1. The Bertz CT molecular complexity index is 1220. The molecule has 4 rings (SSSR count). The van der Waals surface area contributed by atoms with Crippen molar-refractivity contribution in [2.45, 2.75) is 0 Å². The summed E-state index contributed by atoms with van der Waals surface area (Å²) in [6, 6.07) is 34.8. The zero-order valence-electron chi connectivity index (χ0n) is 18.1. The summed E-state index contributed by atoms with van der Waals surface area (Å²) < 4.78 is 25.3. The van der Waals surface area contributed by atoms with E-state index in [1.54, 1.807) is 18.2 Å². The molecular weight excluding hydrogens is 432 g/mol. The number of nitrogens with zero attached hydrogens (tertiary/aromatic N) is 1. The van der Waals surface area contributed by atoms with Crippen LogP contribution in [0.4, 0.5) is 10.1 Å². The summed E-state index contributed by atoms with van der Waals surface area (Å²) in [5.74, 6) is -0.963. The van der Waals surface area contributed by atoms with Crippen molar-refractivity contribution in [2.75, 3.05) is 7.11 Å². The monoisotopic (exact) mass is 455 g/mol. The van der Waals surface area contributed by atoms with E-state index in [0.717, 1.165) is 15.9 Å². The van der Waals surface area contributed by atoms with E-state index in [9.17, 15) is 4.79 Å². The number of esters is 1. The summed E-state index contributed by atoms with van der Waals surface area (Å²) in [6.45, 7) is 0. The molecule has 0 radical (unpaired) electrons. The Hall–Kier alpha value is -3.75. The fourth-order valence-corrected chi connectivity index (χ4v) is 7.26. The molecule has 0 fully saturated rings. The average Bonchev–Trinajstić information content (AvgIpc) is 2.88. The molecule has 5 heteroatoms. The molecule has 0 amide bonds. The van der Waals surface area contributed by atoms with E-state index >= 15 is 4.39 Å². The van der Waals surface area contributed by atoms with Gasteiger partial charge in [-0.05, 0) is 12.1 Å². The van der Waals surface area contributed by atoms with Crippen LogP contribution in [0.3, 0.4) is 0 Å². The average molecular weight is 455 g/mol. The van der Waals surface area contributed by atoms with Gasteiger partial charge in [0.05, 0.1) is 14.2 Å². The van der Waals surface area contributed by atoms with Gasteiger partial charge >= 0.3 is 5.97 Å². The first-order valence-corrected chi connectivity index (χ1v) is 12.2. The minimum atomic E-state index is -2.65.